The zero-order chi connectivity index (χ0) is 17.1. The molecule has 8 nitrogen and oxygen atoms in total. The molecule has 3 aromatic heterocycles. The van der Waals surface area contributed by atoms with Crippen LogP contribution in [0.15, 0.2) is 49.1 Å². The molecule has 0 saturated carbocycles. The Morgan fingerprint density at radius 2 is 2.28 bits per heavy atom. The molecule has 0 aliphatic carbocycles. The maximum atomic E-state index is 12.4. The van der Waals surface area contributed by atoms with E-state index in [1.807, 2.05) is 0 Å². The van der Waals surface area contributed by atoms with E-state index < -0.39 is 0 Å². The van der Waals surface area contributed by atoms with Crippen molar-refractivity contribution in [2.24, 2.45) is 0 Å². The maximum absolute atomic E-state index is 12.4. The van der Waals surface area contributed by atoms with E-state index in [1.54, 1.807) is 58.4 Å². The van der Waals surface area contributed by atoms with Gasteiger partial charge in [-0.3, -0.25) is 9.48 Å². The van der Waals surface area contributed by atoms with E-state index in [4.69, 9.17) is 4.74 Å². The highest BCUT2D eigenvalue weighted by Crippen LogP contribution is 2.15. The summed E-state index contributed by atoms with van der Waals surface area (Å²) in [5.74, 6) is 0.303. The van der Waals surface area contributed by atoms with Crippen LogP contribution in [0.1, 0.15) is 23.3 Å². The van der Waals surface area contributed by atoms with E-state index in [9.17, 15) is 4.79 Å². The largest absolute Gasteiger partial charge is 0.376 e. The maximum Gasteiger partial charge on any atom is 0.274 e. The van der Waals surface area contributed by atoms with Crippen molar-refractivity contribution in [1.29, 1.82) is 0 Å². The van der Waals surface area contributed by atoms with Crippen LogP contribution in [0.3, 0.4) is 0 Å². The molecule has 0 spiro atoms. The lowest BCUT2D eigenvalue weighted by atomic mass is 10.2. The Morgan fingerprint density at radius 3 is 3.08 bits per heavy atom. The van der Waals surface area contributed by atoms with Crippen LogP contribution in [0, 0.1) is 0 Å². The van der Waals surface area contributed by atoms with Crippen LogP contribution >= 0.6 is 0 Å². The number of rotatable bonds is 5. The Kier molecular flexibility index (Phi) is 4.26. The molecular weight excluding hydrogens is 320 g/mol. The van der Waals surface area contributed by atoms with E-state index in [-0.39, 0.29) is 12.0 Å². The monoisotopic (exact) mass is 338 g/mol. The summed E-state index contributed by atoms with van der Waals surface area (Å²) in [6, 6.07) is 7.04. The number of amides is 1. The Hall–Kier alpha value is -3.00. The van der Waals surface area contributed by atoms with Crippen LogP contribution in [0.4, 0.5) is 5.69 Å². The minimum atomic E-state index is -0.286. The Bertz CT molecular complexity index is 852. The molecule has 1 fully saturated rings. The van der Waals surface area contributed by atoms with Gasteiger partial charge in [-0.2, -0.15) is 10.2 Å². The first-order valence-electron chi connectivity index (χ1n) is 8.20. The van der Waals surface area contributed by atoms with Gasteiger partial charge < -0.3 is 10.1 Å². The quantitative estimate of drug-likeness (QED) is 0.768. The molecule has 0 bridgehead atoms. The van der Waals surface area contributed by atoms with Crippen molar-refractivity contribution in [3.05, 3.63) is 54.7 Å². The van der Waals surface area contributed by atoms with E-state index in [0.717, 1.165) is 19.4 Å². The fourth-order valence-corrected chi connectivity index (χ4v) is 2.80. The first-order chi connectivity index (χ1) is 12.3. The highest BCUT2D eigenvalue weighted by atomic mass is 16.5. The minimum Gasteiger partial charge on any atom is -0.376 e. The summed E-state index contributed by atoms with van der Waals surface area (Å²) in [5.41, 5.74) is 0.953. The topological polar surface area (TPSA) is 86.9 Å². The third kappa shape index (κ3) is 3.58. The SMILES string of the molecule is O=C(Nc1cnn(CC2CCCO2)c1)c1cccc(-n2cccn2)n1. The number of anilines is 1. The second-order valence-corrected chi connectivity index (χ2v) is 5.87. The molecule has 8 heteroatoms. The molecule has 128 valence electrons. The lowest BCUT2D eigenvalue weighted by Gasteiger charge is -2.08. The van der Waals surface area contributed by atoms with Crippen molar-refractivity contribution in [2.75, 3.05) is 11.9 Å². The molecule has 0 aromatic carbocycles. The molecule has 1 unspecified atom stereocenters. The molecule has 4 heterocycles. The summed E-state index contributed by atoms with van der Waals surface area (Å²) in [5, 5.41) is 11.2. The molecule has 1 N–H and O–H groups in total. The van der Waals surface area contributed by atoms with Crippen LogP contribution < -0.4 is 5.32 Å². The molecule has 0 radical (unpaired) electrons. The first-order valence-corrected chi connectivity index (χ1v) is 8.20. The fraction of sp³-hybridized carbons (Fsp3) is 0.294. The summed E-state index contributed by atoms with van der Waals surface area (Å²) in [6.45, 7) is 1.51. The molecule has 1 saturated heterocycles. The number of hydrogen-bond acceptors (Lipinski definition) is 5. The number of ether oxygens (including phenoxy) is 1. The zero-order valence-corrected chi connectivity index (χ0v) is 13.6. The van der Waals surface area contributed by atoms with Crippen molar-refractivity contribution in [1.82, 2.24) is 24.5 Å². The van der Waals surface area contributed by atoms with Crippen LogP contribution in [-0.4, -0.2) is 43.2 Å². The van der Waals surface area contributed by atoms with Gasteiger partial charge in [0.05, 0.1) is 24.5 Å². The van der Waals surface area contributed by atoms with E-state index >= 15 is 0 Å². The minimum absolute atomic E-state index is 0.205. The van der Waals surface area contributed by atoms with Crippen molar-refractivity contribution in [3.63, 3.8) is 0 Å². The average molecular weight is 338 g/mol. The smallest absolute Gasteiger partial charge is 0.274 e. The van der Waals surface area contributed by atoms with Crippen LogP contribution in [0.5, 0.6) is 0 Å². The second kappa shape index (κ2) is 6.86. The molecule has 1 atom stereocenters. The highest BCUT2D eigenvalue weighted by molar-refractivity contribution is 6.02. The van der Waals surface area contributed by atoms with Gasteiger partial charge in [0.2, 0.25) is 0 Å². The van der Waals surface area contributed by atoms with Crippen LogP contribution in [0.25, 0.3) is 5.82 Å². The summed E-state index contributed by atoms with van der Waals surface area (Å²) in [6.07, 6.45) is 9.22. The van der Waals surface area contributed by atoms with E-state index in [2.05, 4.69) is 20.5 Å². The number of pyridine rings is 1. The standard InChI is InChI=1S/C17H18N6O2/c24-17(15-5-1-6-16(21-15)23-8-3-7-18-23)20-13-10-19-22(11-13)12-14-4-2-9-25-14/h1,3,5-8,10-11,14H,2,4,9,12H2,(H,20,24). The van der Waals surface area contributed by atoms with Crippen molar-refractivity contribution in [3.8, 4) is 5.82 Å². The van der Waals surface area contributed by atoms with Gasteiger partial charge in [-0.1, -0.05) is 6.07 Å². The van der Waals surface area contributed by atoms with Gasteiger partial charge in [0.15, 0.2) is 5.82 Å². The first kappa shape index (κ1) is 15.5. The lowest BCUT2D eigenvalue weighted by Crippen LogP contribution is -2.16. The number of hydrogen-bond donors (Lipinski definition) is 1. The van der Waals surface area contributed by atoms with Gasteiger partial charge in [0.25, 0.3) is 5.91 Å². The van der Waals surface area contributed by atoms with Crippen molar-refractivity contribution >= 4 is 11.6 Å². The second-order valence-electron chi connectivity index (χ2n) is 5.87. The molecule has 25 heavy (non-hydrogen) atoms. The molecule has 4 rings (SSSR count). The lowest BCUT2D eigenvalue weighted by molar-refractivity contribution is 0.0940. The van der Waals surface area contributed by atoms with Crippen molar-refractivity contribution < 1.29 is 9.53 Å². The third-order valence-electron chi connectivity index (χ3n) is 4.01. The number of nitrogens with one attached hydrogen (secondary N) is 1. The molecule has 3 aromatic rings. The normalized spacial score (nSPS) is 16.9. The number of carbonyl (C=O) groups is 1. The van der Waals surface area contributed by atoms with Crippen LogP contribution in [-0.2, 0) is 11.3 Å². The van der Waals surface area contributed by atoms with Gasteiger partial charge in [0, 0.05) is 25.2 Å². The highest BCUT2D eigenvalue weighted by Gasteiger charge is 2.17. The predicted octanol–water partition coefficient (Wildman–Crippen LogP) is 1.90. The summed E-state index contributed by atoms with van der Waals surface area (Å²) in [4.78, 5) is 16.8. The fourth-order valence-electron chi connectivity index (χ4n) is 2.80. The van der Waals surface area contributed by atoms with Gasteiger partial charge >= 0.3 is 0 Å². The van der Waals surface area contributed by atoms with Crippen LogP contribution in [0.2, 0.25) is 0 Å². The van der Waals surface area contributed by atoms with Gasteiger partial charge in [0.1, 0.15) is 5.69 Å². The molecule has 1 amide bonds. The Labute approximate surface area is 144 Å². The molecule has 1 aliphatic rings. The zero-order valence-electron chi connectivity index (χ0n) is 13.6. The Morgan fingerprint density at radius 1 is 1.32 bits per heavy atom. The number of carbonyl (C=O) groups excluding carboxylic acids is 1. The van der Waals surface area contributed by atoms with Gasteiger partial charge in [-0.25, -0.2) is 9.67 Å². The van der Waals surface area contributed by atoms with Gasteiger partial charge in [-0.15, -0.1) is 0 Å². The number of nitrogens with zero attached hydrogens (tertiary/aromatic N) is 5. The van der Waals surface area contributed by atoms with Gasteiger partial charge in [-0.05, 0) is 31.0 Å². The Balaban J connectivity index is 1.43. The number of aromatic nitrogens is 5. The summed E-state index contributed by atoms with van der Waals surface area (Å²) in [7, 11) is 0. The predicted molar refractivity (Wildman–Crippen MR) is 90.5 cm³/mol. The average Bonchev–Trinajstić information content (AvgIpc) is 3.38. The molecule has 1 aliphatic heterocycles. The van der Waals surface area contributed by atoms with E-state index in [0.29, 0.717) is 23.7 Å². The summed E-state index contributed by atoms with van der Waals surface area (Å²) < 4.78 is 9.00. The molecular formula is C17H18N6O2. The summed E-state index contributed by atoms with van der Waals surface area (Å²) >= 11 is 0. The van der Waals surface area contributed by atoms with E-state index in [1.165, 1.54) is 0 Å². The third-order valence-corrected chi connectivity index (χ3v) is 4.01. The van der Waals surface area contributed by atoms with Crippen molar-refractivity contribution in [2.45, 2.75) is 25.5 Å².